The molecule has 2 N–H and O–H groups in total. The van der Waals surface area contributed by atoms with Gasteiger partial charge >= 0.3 is 0 Å². The number of nitrogens with zero attached hydrogens (tertiary/aromatic N) is 2. The zero-order chi connectivity index (χ0) is 13.0. The lowest BCUT2D eigenvalue weighted by Gasteiger charge is -2.12. The third-order valence-electron chi connectivity index (χ3n) is 2.84. The minimum Gasteiger partial charge on any atom is -0.394 e. The molecule has 18 heavy (non-hydrogen) atoms. The molecule has 0 spiro atoms. The number of rotatable bonds is 5. The standard InChI is InChI=1S/C11H16ClN3O2S/c12-10-9(13-6-8-2-1-5-18-8)7-14-15(3-4-16)11(10)17/h7-8,13,16H,1-6H2. The summed E-state index contributed by atoms with van der Waals surface area (Å²) in [6.45, 7) is 0.835. The van der Waals surface area contributed by atoms with Crippen molar-refractivity contribution in [3.05, 3.63) is 21.6 Å². The van der Waals surface area contributed by atoms with Gasteiger partial charge in [0.25, 0.3) is 5.56 Å². The Kier molecular flexibility index (Phi) is 4.91. The second-order valence-corrected chi connectivity index (χ2v) is 5.93. The van der Waals surface area contributed by atoms with Gasteiger partial charge in [-0.1, -0.05) is 11.6 Å². The lowest BCUT2D eigenvalue weighted by atomic mass is 10.2. The van der Waals surface area contributed by atoms with Crippen molar-refractivity contribution < 1.29 is 5.11 Å². The molecule has 0 amide bonds. The number of hydrogen-bond acceptors (Lipinski definition) is 5. The van der Waals surface area contributed by atoms with Crippen molar-refractivity contribution in [3.8, 4) is 0 Å². The van der Waals surface area contributed by atoms with Crippen LogP contribution in [0.4, 0.5) is 5.69 Å². The molecule has 0 bridgehead atoms. The molecule has 1 aromatic heterocycles. The van der Waals surface area contributed by atoms with Gasteiger partial charge in [-0.25, -0.2) is 4.68 Å². The van der Waals surface area contributed by atoms with Gasteiger partial charge in [-0.05, 0) is 18.6 Å². The summed E-state index contributed by atoms with van der Waals surface area (Å²) in [7, 11) is 0. The van der Waals surface area contributed by atoms with Crippen LogP contribution in [0.15, 0.2) is 11.0 Å². The molecular weight excluding hydrogens is 274 g/mol. The summed E-state index contributed by atoms with van der Waals surface area (Å²) in [5, 5.41) is 16.7. The maximum absolute atomic E-state index is 11.8. The number of hydrogen-bond donors (Lipinski definition) is 2. The minimum atomic E-state index is -0.366. The second-order valence-electron chi connectivity index (χ2n) is 4.14. The van der Waals surface area contributed by atoms with Crippen LogP contribution in [0.2, 0.25) is 5.02 Å². The van der Waals surface area contributed by atoms with Crippen molar-refractivity contribution in [2.24, 2.45) is 0 Å². The van der Waals surface area contributed by atoms with Crippen LogP contribution in [0.1, 0.15) is 12.8 Å². The van der Waals surface area contributed by atoms with Crippen LogP contribution >= 0.6 is 23.4 Å². The highest BCUT2D eigenvalue weighted by atomic mass is 35.5. The van der Waals surface area contributed by atoms with E-state index in [4.69, 9.17) is 16.7 Å². The van der Waals surface area contributed by atoms with Gasteiger partial charge in [-0.2, -0.15) is 16.9 Å². The van der Waals surface area contributed by atoms with Crippen molar-refractivity contribution in [2.75, 3.05) is 24.2 Å². The molecule has 1 atom stereocenters. The molecule has 0 aromatic carbocycles. The number of nitrogens with one attached hydrogen (secondary N) is 1. The van der Waals surface area contributed by atoms with E-state index in [2.05, 4.69) is 10.4 Å². The fraction of sp³-hybridized carbons (Fsp3) is 0.636. The van der Waals surface area contributed by atoms with Crippen molar-refractivity contribution in [3.63, 3.8) is 0 Å². The zero-order valence-electron chi connectivity index (χ0n) is 9.93. The van der Waals surface area contributed by atoms with Crippen molar-refractivity contribution >= 4 is 29.1 Å². The van der Waals surface area contributed by atoms with E-state index in [9.17, 15) is 4.79 Å². The van der Waals surface area contributed by atoms with Crippen LogP contribution in [0.25, 0.3) is 0 Å². The molecule has 0 aliphatic carbocycles. The number of aliphatic hydroxyl groups is 1. The van der Waals surface area contributed by atoms with Crippen LogP contribution < -0.4 is 10.9 Å². The first-order chi connectivity index (χ1) is 8.72. The highest BCUT2D eigenvalue weighted by Crippen LogP contribution is 2.26. The Bertz CT molecular complexity index is 460. The summed E-state index contributed by atoms with van der Waals surface area (Å²) in [5.74, 6) is 1.20. The Balaban J connectivity index is 2.04. The molecule has 1 aromatic rings. The molecule has 2 rings (SSSR count). The molecule has 1 unspecified atom stereocenters. The Morgan fingerprint density at radius 1 is 1.67 bits per heavy atom. The van der Waals surface area contributed by atoms with Gasteiger partial charge in [0.2, 0.25) is 0 Å². The van der Waals surface area contributed by atoms with Crippen LogP contribution in [-0.4, -0.2) is 39.0 Å². The second kappa shape index (κ2) is 6.45. The predicted molar refractivity (Wildman–Crippen MR) is 74.6 cm³/mol. The lowest BCUT2D eigenvalue weighted by molar-refractivity contribution is 0.266. The average Bonchev–Trinajstić information content (AvgIpc) is 2.87. The Labute approximate surface area is 115 Å². The van der Waals surface area contributed by atoms with Crippen molar-refractivity contribution in [1.82, 2.24) is 9.78 Å². The summed E-state index contributed by atoms with van der Waals surface area (Å²) >= 11 is 7.94. The summed E-state index contributed by atoms with van der Waals surface area (Å²) in [5.41, 5.74) is 0.207. The molecule has 7 heteroatoms. The van der Waals surface area contributed by atoms with Crippen molar-refractivity contribution in [1.29, 1.82) is 0 Å². The molecule has 1 aliphatic heterocycles. The Hall–Kier alpha value is -0.720. The number of aromatic nitrogens is 2. The van der Waals surface area contributed by atoms with E-state index in [-0.39, 0.29) is 23.7 Å². The third-order valence-corrected chi connectivity index (χ3v) is 4.60. The van der Waals surface area contributed by atoms with E-state index in [0.29, 0.717) is 10.9 Å². The highest BCUT2D eigenvalue weighted by Gasteiger charge is 2.16. The first-order valence-electron chi connectivity index (χ1n) is 5.94. The van der Waals surface area contributed by atoms with E-state index in [1.165, 1.54) is 18.6 Å². The van der Waals surface area contributed by atoms with E-state index in [1.807, 2.05) is 11.8 Å². The topological polar surface area (TPSA) is 67.2 Å². The van der Waals surface area contributed by atoms with Crippen LogP contribution in [0.3, 0.4) is 0 Å². The van der Waals surface area contributed by atoms with Gasteiger partial charge in [0, 0.05) is 11.8 Å². The zero-order valence-corrected chi connectivity index (χ0v) is 11.5. The van der Waals surface area contributed by atoms with Gasteiger partial charge < -0.3 is 10.4 Å². The van der Waals surface area contributed by atoms with E-state index < -0.39 is 0 Å². The predicted octanol–water partition coefficient (Wildman–Crippen LogP) is 1.20. The van der Waals surface area contributed by atoms with E-state index in [0.717, 1.165) is 11.2 Å². The summed E-state index contributed by atoms with van der Waals surface area (Å²) in [6, 6.07) is 0. The third kappa shape index (κ3) is 3.18. The molecule has 100 valence electrons. The Morgan fingerprint density at radius 3 is 3.17 bits per heavy atom. The molecule has 1 aliphatic rings. The number of halogens is 1. The molecule has 0 saturated carbocycles. The van der Waals surface area contributed by atoms with Gasteiger partial charge in [-0.3, -0.25) is 4.79 Å². The van der Waals surface area contributed by atoms with E-state index >= 15 is 0 Å². The Morgan fingerprint density at radius 2 is 2.50 bits per heavy atom. The molecular formula is C11H16ClN3O2S. The van der Waals surface area contributed by atoms with Crippen LogP contribution in [-0.2, 0) is 6.54 Å². The van der Waals surface area contributed by atoms with Gasteiger partial charge in [0.15, 0.2) is 0 Å². The summed E-state index contributed by atoms with van der Waals surface area (Å²) < 4.78 is 1.16. The van der Waals surface area contributed by atoms with Gasteiger partial charge in [-0.15, -0.1) is 0 Å². The number of aliphatic hydroxyl groups excluding tert-OH is 1. The van der Waals surface area contributed by atoms with Gasteiger partial charge in [0.1, 0.15) is 5.02 Å². The summed E-state index contributed by atoms with van der Waals surface area (Å²) in [6.07, 6.45) is 3.99. The maximum atomic E-state index is 11.8. The number of anilines is 1. The van der Waals surface area contributed by atoms with Crippen LogP contribution in [0.5, 0.6) is 0 Å². The lowest BCUT2D eigenvalue weighted by Crippen LogP contribution is -2.26. The van der Waals surface area contributed by atoms with Crippen LogP contribution in [0, 0.1) is 0 Å². The quantitative estimate of drug-likeness (QED) is 0.852. The average molecular weight is 290 g/mol. The SMILES string of the molecule is O=c1c(Cl)c(NCC2CCCS2)cnn1CCO. The molecule has 0 radical (unpaired) electrons. The first-order valence-corrected chi connectivity index (χ1v) is 7.37. The van der Waals surface area contributed by atoms with Gasteiger partial charge in [0.05, 0.1) is 25.0 Å². The highest BCUT2D eigenvalue weighted by molar-refractivity contribution is 8.00. The molecule has 1 fully saturated rings. The molecule has 1 saturated heterocycles. The fourth-order valence-electron chi connectivity index (χ4n) is 1.87. The van der Waals surface area contributed by atoms with E-state index in [1.54, 1.807) is 6.20 Å². The monoisotopic (exact) mass is 289 g/mol. The normalized spacial score (nSPS) is 19.1. The van der Waals surface area contributed by atoms with Crippen molar-refractivity contribution in [2.45, 2.75) is 24.6 Å². The smallest absolute Gasteiger partial charge is 0.287 e. The molecule has 2 heterocycles. The fourth-order valence-corrected chi connectivity index (χ4v) is 3.29. The largest absolute Gasteiger partial charge is 0.394 e. The molecule has 5 nitrogen and oxygen atoms in total. The minimum absolute atomic E-state index is 0.130. The maximum Gasteiger partial charge on any atom is 0.287 e. The first kappa shape index (κ1) is 13.7. The summed E-state index contributed by atoms with van der Waals surface area (Å²) in [4.78, 5) is 11.8. The number of thioether (sulfide) groups is 1.